The second kappa shape index (κ2) is 6.42. The molecule has 0 saturated heterocycles. The molecule has 0 amide bonds. The first kappa shape index (κ1) is 17.1. The number of hydrogen-bond acceptors (Lipinski definition) is 5. The van der Waals surface area contributed by atoms with Crippen LogP contribution in [0.25, 0.3) is 16.6 Å². The van der Waals surface area contributed by atoms with E-state index < -0.39 is 0 Å². The molecule has 0 aliphatic heterocycles. The molecule has 0 N–H and O–H groups in total. The Labute approximate surface area is 155 Å². The van der Waals surface area contributed by atoms with Gasteiger partial charge in [0.2, 0.25) is 0 Å². The summed E-state index contributed by atoms with van der Waals surface area (Å²) in [5, 5.41) is 5.06. The Bertz CT molecular complexity index is 1220. The summed E-state index contributed by atoms with van der Waals surface area (Å²) in [6, 6.07) is 11.7. The third-order valence-corrected chi connectivity index (χ3v) is 4.75. The van der Waals surface area contributed by atoms with Crippen LogP contribution in [0.2, 0.25) is 0 Å². The van der Waals surface area contributed by atoms with Crippen molar-refractivity contribution in [2.24, 2.45) is 0 Å². The molecule has 2 aromatic heterocycles. The SMILES string of the molecule is COc1cc2c(cc1OC)n(Cc1ccccc1C)c(=O)n1nc(C)nc21. The molecule has 7 nitrogen and oxygen atoms in total. The zero-order valence-corrected chi connectivity index (χ0v) is 15.7. The smallest absolute Gasteiger partial charge is 0.351 e. The molecule has 4 aromatic rings. The molecular weight excluding hydrogens is 344 g/mol. The van der Waals surface area contributed by atoms with Gasteiger partial charge in [0.15, 0.2) is 17.1 Å². The van der Waals surface area contributed by atoms with Gasteiger partial charge in [-0.2, -0.15) is 4.52 Å². The van der Waals surface area contributed by atoms with Gasteiger partial charge in [-0.05, 0) is 31.0 Å². The number of nitrogens with zero attached hydrogens (tertiary/aromatic N) is 4. The molecule has 0 spiro atoms. The van der Waals surface area contributed by atoms with Gasteiger partial charge < -0.3 is 9.47 Å². The standard InChI is InChI=1S/C20H20N4O3/c1-12-7-5-6-8-14(12)11-23-16-10-18(27-4)17(26-3)9-15(16)19-21-13(2)22-24(19)20(23)25/h5-10H,11H2,1-4H3. The number of ether oxygens (including phenoxy) is 2. The van der Waals surface area contributed by atoms with E-state index in [0.29, 0.717) is 29.5 Å². The Balaban J connectivity index is 2.10. The van der Waals surface area contributed by atoms with Crippen LogP contribution in [0.3, 0.4) is 0 Å². The molecule has 2 heterocycles. The topological polar surface area (TPSA) is 70.7 Å². The van der Waals surface area contributed by atoms with Crippen molar-refractivity contribution in [3.05, 3.63) is 63.8 Å². The van der Waals surface area contributed by atoms with E-state index in [1.54, 1.807) is 25.7 Å². The predicted octanol–water partition coefficient (Wildman–Crippen LogP) is 2.73. The predicted molar refractivity (Wildman–Crippen MR) is 103 cm³/mol. The second-order valence-electron chi connectivity index (χ2n) is 6.41. The largest absolute Gasteiger partial charge is 0.493 e. The maximum absolute atomic E-state index is 13.2. The summed E-state index contributed by atoms with van der Waals surface area (Å²) in [6.07, 6.45) is 0. The summed E-state index contributed by atoms with van der Waals surface area (Å²) in [5.41, 5.74) is 3.17. The zero-order valence-electron chi connectivity index (χ0n) is 15.7. The molecule has 0 atom stereocenters. The van der Waals surface area contributed by atoms with Gasteiger partial charge in [0.25, 0.3) is 0 Å². The molecule has 27 heavy (non-hydrogen) atoms. The van der Waals surface area contributed by atoms with Crippen LogP contribution in [0.5, 0.6) is 11.5 Å². The van der Waals surface area contributed by atoms with Crippen LogP contribution in [-0.4, -0.2) is 33.4 Å². The van der Waals surface area contributed by atoms with E-state index in [0.717, 1.165) is 22.0 Å². The lowest BCUT2D eigenvalue weighted by Crippen LogP contribution is -2.28. The molecule has 0 unspecified atom stereocenters. The van der Waals surface area contributed by atoms with Crippen molar-refractivity contribution in [1.82, 2.24) is 19.2 Å². The minimum atomic E-state index is -0.242. The Morgan fingerprint density at radius 3 is 2.44 bits per heavy atom. The van der Waals surface area contributed by atoms with Gasteiger partial charge in [-0.3, -0.25) is 4.57 Å². The van der Waals surface area contributed by atoms with Gasteiger partial charge in [-0.25, -0.2) is 9.78 Å². The number of rotatable bonds is 4. The summed E-state index contributed by atoms with van der Waals surface area (Å²) in [4.78, 5) is 17.6. The van der Waals surface area contributed by atoms with Crippen molar-refractivity contribution in [1.29, 1.82) is 0 Å². The van der Waals surface area contributed by atoms with Crippen molar-refractivity contribution in [2.75, 3.05) is 14.2 Å². The number of hydrogen-bond donors (Lipinski definition) is 0. The second-order valence-corrected chi connectivity index (χ2v) is 6.41. The van der Waals surface area contributed by atoms with Gasteiger partial charge in [0.05, 0.1) is 26.3 Å². The number of aryl methyl sites for hydroxylation is 2. The van der Waals surface area contributed by atoms with Crippen LogP contribution in [0.1, 0.15) is 17.0 Å². The van der Waals surface area contributed by atoms with Crippen LogP contribution >= 0.6 is 0 Å². The molecule has 0 radical (unpaired) electrons. The van der Waals surface area contributed by atoms with E-state index in [1.165, 1.54) is 4.52 Å². The van der Waals surface area contributed by atoms with Gasteiger partial charge >= 0.3 is 5.69 Å². The number of methoxy groups -OCH3 is 2. The van der Waals surface area contributed by atoms with Crippen molar-refractivity contribution < 1.29 is 9.47 Å². The van der Waals surface area contributed by atoms with E-state index in [2.05, 4.69) is 10.1 Å². The molecule has 4 rings (SSSR count). The highest BCUT2D eigenvalue weighted by Crippen LogP contribution is 2.33. The Hall–Kier alpha value is -3.35. The molecule has 0 fully saturated rings. The van der Waals surface area contributed by atoms with Crippen LogP contribution < -0.4 is 15.2 Å². The maximum Gasteiger partial charge on any atom is 0.351 e. The molecular formula is C20H20N4O3. The van der Waals surface area contributed by atoms with Crippen LogP contribution in [0.4, 0.5) is 0 Å². The Kier molecular flexibility index (Phi) is 4.07. The molecule has 2 aromatic carbocycles. The molecule has 0 saturated carbocycles. The highest BCUT2D eigenvalue weighted by molar-refractivity contribution is 5.94. The minimum absolute atomic E-state index is 0.242. The average Bonchev–Trinajstić information content (AvgIpc) is 3.07. The zero-order chi connectivity index (χ0) is 19.1. The first-order chi connectivity index (χ1) is 13.0. The third kappa shape index (κ3) is 2.71. The lowest BCUT2D eigenvalue weighted by Gasteiger charge is -2.15. The first-order valence-corrected chi connectivity index (χ1v) is 8.60. The van der Waals surface area contributed by atoms with Crippen LogP contribution in [0.15, 0.2) is 41.2 Å². The molecule has 0 bridgehead atoms. The minimum Gasteiger partial charge on any atom is -0.493 e. The monoisotopic (exact) mass is 364 g/mol. The fraction of sp³-hybridized carbons (Fsp3) is 0.250. The van der Waals surface area contributed by atoms with E-state index in [4.69, 9.17) is 9.47 Å². The first-order valence-electron chi connectivity index (χ1n) is 8.60. The Morgan fingerprint density at radius 2 is 1.74 bits per heavy atom. The van der Waals surface area contributed by atoms with Crippen LogP contribution in [0, 0.1) is 13.8 Å². The number of aromatic nitrogens is 4. The molecule has 7 heteroatoms. The lowest BCUT2D eigenvalue weighted by atomic mass is 10.1. The molecule has 0 aliphatic carbocycles. The Morgan fingerprint density at radius 1 is 1.04 bits per heavy atom. The van der Waals surface area contributed by atoms with Crippen molar-refractivity contribution in [3.8, 4) is 11.5 Å². The fourth-order valence-electron chi connectivity index (χ4n) is 3.32. The summed E-state index contributed by atoms with van der Waals surface area (Å²) in [7, 11) is 3.16. The third-order valence-electron chi connectivity index (χ3n) is 4.75. The van der Waals surface area contributed by atoms with Crippen molar-refractivity contribution in [2.45, 2.75) is 20.4 Å². The van der Waals surface area contributed by atoms with Gasteiger partial charge in [0.1, 0.15) is 5.82 Å². The normalized spacial score (nSPS) is 11.3. The van der Waals surface area contributed by atoms with Crippen molar-refractivity contribution in [3.63, 3.8) is 0 Å². The average molecular weight is 364 g/mol. The van der Waals surface area contributed by atoms with Crippen LogP contribution in [-0.2, 0) is 6.54 Å². The van der Waals surface area contributed by atoms with E-state index in [9.17, 15) is 4.79 Å². The van der Waals surface area contributed by atoms with Gasteiger partial charge in [-0.15, -0.1) is 5.10 Å². The molecule has 0 aliphatic rings. The summed E-state index contributed by atoms with van der Waals surface area (Å²) in [6.45, 7) is 4.22. The quantitative estimate of drug-likeness (QED) is 0.557. The summed E-state index contributed by atoms with van der Waals surface area (Å²) >= 11 is 0. The van der Waals surface area contributed by atoms with Gasteiger partial charge in [-0.1, -0.05) is 24.3 Å². The van der Waals surface area contributed by atoms with E-state index in [1.807, 2.05) is 43.3 Å². The van der Waals surface area contributed by atoms with Gasteiger partial charge in [0, 0.05) is 11.5 Å². The number of benzene rings is 2. The van der Waals surface area contributed by atoms with Crippen molar-refractivity contribution >= 4 is 16.6 Å². The fourth-order valence-corrected chi connectivity index (χ4v) is 3.32. The summed E-state index contributed by atoms with van der Waals surface area (Å²) < 4.78 is 13.9. The highest BCUT2D eigenvalue weighted by Gasteiger charge is 2.18. The molecule has 138 valence electrons. The number of fused-ring (bicyclic) bond motifs is 3. The lowest BCUT2D eigenvalue weighted by molar-refractivity contribution is 0.355. The van der Waals surface area contributed by atoms with E-state index >= 15 is 0 Å². The van der Waals surface area contributed by atoms with E-state index in [-0.39, 0.29) is 5.69 Å². The maximum atomic E-state index is 13.2. The highest BCUT2D eigenvalue weighted by atomic mass is 16.5. The summed E-state index contributed by atoms with van der Waals surface area (Å²) in [5.74, 6) is 1.67.